The van der Waals surface area contributed by atoms with Crippen molar-refractivity contribution in [3.8, 4) is 0 Å². The lowest BCUT2D eigenvalue weighted by atomic mass is 9.87. The first-order chi connectivity index (χ1) is 4.62. The summed E-state index contributed by atoms with van der Waals surface area (Å²) in [5, 5.41) is 0. The third-order valence-corrected chi connectivity index (χ3v) is 1.65. The van der Waals surface area contributed by atoms with Gasteiger partial charge in [-0.25, -0.2) is 0 Å². The van der Waals surface area contributed by atoms with Crippen LogP contribution in [0.2, 0.25) is 0 Å². The van der Waals surface area contributed by atoms with E-state index in [2.05, 4.69) is 27.4 Å². The monoisotopic (exact) mass is 142 g/mol. The second-order valence-electron chi connectivity index (χ2n) is 3.01. The van der Waals surface area contributed by atoms with Crippen LogP contribution in [0.5, 0.6) is 0 Å². The minimum atomic E-state index is 0.474. The van der Waals surface area contributed by atoms with Gasteiger partial charge in [-0.1, -0.05) is 47.1 Å². The summed E-state index contributed by atoms with van der Waals surface area (Å²) in [6, 6.07) is 0. The van der Waals surface area contributed by atoms with E-state index in [1.807, 2.05) is 19.9 Å². The topological polar surface area (TPSA) is 0 Å². The van der Waals surface area contributed by atoms with E-state index in [-0.39, 0.29) is 0 Å². The van der Waals surface area contributed by atoms with Crippen LogP contribution in [0.4, 0.5) is 0 Å². The van der Waals surface area contributed by atoms with Crippen molar-refractivity contribution in [2.24, 2.45) is 5.41 Å². The van der Waals surface area contributed by atoms with E-state index in [9.17, 15) is 0 Å². The van der Waals surface area contributed by atoms with Crippen molar-refractivity contribution in [3.05, 3.63) is 12.7 Å². The second kappa shape index (κ2) is 6.85. The fraction of sp³-hybridized carbons (Fsp3) is 0.800. The number of rotatable bonds is 3. The maximum Gasteiger partial charge on any atom is -0.0302 e. The van der Waals surface area contributed by atoms with Crippen LogP contribution in [0.1, 0.15) is 47.5 Å². The van der Waals surface area contributed by atoms with Crippen molar-refractivity contribution in [2.45, 2.75) is 47.5 Å². The average molecular weight is 142 g/mol. The van der Waals surface area contributed by atoms with Gasteiger partial charge in [-0.15, -0.1) is 6.58 Å². The Balaban J connectivity index is 0. The Hall–Kier alpha value is -0.260. The summed E-state index contributed by atoms with van der Waals surface area (Å²) in [5.41, 5.74) is 0.474. The Bertz CT molecular complexity index is 70.1. The summed E-state index contributed by atoms with van der Waals surface area (Å²) in [7, 11) is 0. The molecule has 0 saturated heterocycles. The Kier molecular flexibility index (Phi) is 8.51. The van der Waals surface area contributed by atoms with Crippen molar-refractivity contribution >= 4 is 0 Å². The quantitative estimate of drug-likeness (QED) is 0.522. The summed E-state index contributed by atoms with van der Waals surface area (Å²) in [5.74, 6) is 0. The van der Waals surface area contributed by atoms with Crippen LogP contribution in [0.25, 0.3) is 0 Å². The molecule has 0 spiro atoms. The lowest BCUT2D eigenvalue weighted by Crippen LogP contribution is -2.06. The zero-order valence-corrected chi connectivity index (χ0v) is 8.20. The zero-order chi connectivity index (χ0) is 8.62. The van der Waals surface area contributed by atoms with Crippen LogP contribution in [-0.4, -0.2) is 0 Å². The van der Waals surface area contributed by atoms with Crippen LogP contribution < -0.4 is 0 Å². The zero-order valence-electron chi connectivity index (χ0n) is 8.20. The highest BCUT2D eigenvalue weighted by Gasteiger charge is 2.10. The van der Waals surface area contributed by atoms with Gasteiger partial charge in [0.25, 0.3) is 0 Å². The molecule has 0 aromatic heterocycles. The van der Waals surface area contributed by atoms with E-state index in [0.717, 1.165) is 6.42 Å². The molecule has 0 aliphatic heterocycles. The van der Waals surface area contributed by atoms with Gasteiger partial charge in [0.15, 0.2) is 0 Å². The third-order valence-electron chi connectivity index (χ3n) is 1.65. The van der Waals surface area contributed by atoms with Crippen LogP contribution in [-0.2, 0) is 0 Å². The van der Waals surface area contributed by atoms with Gasteiger partial charge in [-0.05, 0) is 11.8 Å². The Morgan fingerprint density at radius 3 is 1.80 bits per heavy atom. The predicted molar refractivity (Wildman–Crippen MR) is 50.2 cm³/mol. The fourth-order valence-electron chi connectivity index (χ4n) is 0.535. The summed E-state index contributed by atoms with van der Waals surface area (Å²) in [6.45, 7) is 14.4. The lowest BCUT2D eigenvalue weighted by Gasteiger charge is -2.19. The Morgan fingerprint density at radius 1 is 1.30 bits per heavy atom. The molecule has 0 heterocycles. The van der Waals surface area contributed by atoms with Crippen LogP contribution in [0.3, 0.4) is 0 Å². The first-order valence-corrected chi connectivity index (χ1v) is 4.23. The molecule has 0 aliphatic carbocycles. The highest BCUT2D eigenvalue weighted by atomic mass is 14.2. The number of allylic oxidation sites excluding steroid dienone is 1. The molecule has 0 nitrogen and oxygen atoms in total. The van der Waals surface area contributed by atoms with E-state index >= 15 is 0 Å². The smallest absolute Gasteiger partial charge is 0.0302 e. The molecule has 62 valence electrons. The minimum absolute atomic E-state index is 0.474. The SMILES string of the molecule is C=CCC(C)(C)CC.CC. The normalized spacial score (nSPS) is 9.70. The van der Waals surface area contributed by atoms with Crippen molar-refractivity contribution in [1.29, 1.82) is 0 Å². The first kappa shape index (κ1) is 12.4. The van der Waals surface area contributed by atoms with Crippen LogP contribution >= 0.6 is 0 Å². The molecule has 0 fully saturated rings. The summed E-state index contributed by atoms with van der Waals surface area (Å²) in [6.07, 6.45) is 4.35. The van der Waals surface area contributed by atoms with Gasteiger partial charge in [-0.3, -0.25) is 0 Å². The molecular weight excluding hydrogens is 120 g/mol. The molecule has 0 rings (SSSR count). The van der Waals surface area contributed by atoms with Gasteiger partial charge in [-0.2, -0.15) is 0 Å². The molecule has 0 saturated carbocycles. The summed E-state index contributed by atoms with van der Waals surface area (Å²) >= 11 is 0. The van der Waals surface area contributed by atoms with Gasteiger partial charge in [0.1, 0.15) is 0 Å². The van der Waals surface area contributed by atoms with E-state index in [1.165, 1.54) is 6.42 Å². The highest BCUT2D eigenvalue weighted by molar-refractivity contribution is 4.77. The molecule has 0 aromatic rings. The van der Waals surface area contributed by atoms with E-state index in [4.69, 9.17) is 0 Å². The summed E-state index contributed by atoms with van der Waals surface area (Å²) < 4.78 is 0. The van der Waals surface area contributed by atoms with Crippen LogP contribution in [0.15, 0.2) is 12.7 Å². The average Bonchev–Trinajstić information content (AvgIpc) is 1.93. The van der Waals surface area contributed by atoms with Gasteiger partial charge in [0.2, 0.25) is 0 Å². The van der Waals surface area contributed by atoms with E-state index in [1.54, 1.807) is 0 Å². The molecule has 10 heavy (non-hydrogen) atoms. The van der Waals surface area contributed by atoms with Crippen molar-refractivity contribution in [3.63, 3.8) is 0 Å². The molecule has 0 radical (unpaired) electrons. The standard InChI is InChI=1S/C8H16.C2H6/c1-5-7-8(3,4)6-2;1-2/h5H,1,6-7H2,2-4H3;1-2H3. The maximum absolute atomic E-state index is 3.69. The van der Waals surface area contributed by atoms with Gasteiger partial charge < -0.3 is 0 Å². The van der Waals surface area contributed by atoms with Crippen molar-refractivity contribution in [1.82, 2.24) is 0 Å². The number of hydrogen-bond acceptors (Lipinski definition) is 0. The number of hydrogen-bond donors (Lipinski definition) is 0. The highest BCUT2D eigenvalue weighted by Crippen LogP contribution is 2.23. The molecule has 0 bridgehead atoms. The molecule has 0 unspecified atom stereocenters. The minimum Gasteiger partial charge on any atom is -0.103 e. The molecular formula is C10H22. The van der Waals surface area contributed by atoms with Crippen molar-refractivity contribution < 1.29 is 0 Å². The second-order valence-corrected chi connectivity index (χ2v) is 3.01. The molecule has 0 amide bonds. The van der Waals surface area contributed by atoms with Crippen molar-refractivity contribution in [2.75, 3.05) is 0 Å². The van der Waals surface area contributed by atoms with Crippen LogP contribution in [0, 0.1) is 5.41 Å². The molecule has 0 aromatic carbocycles. The fourth-order valence-corrected chi connectivity index (χ4v) is 0.535. The Morgan fingerprint density at radius 2 is 1.70 bits per heavy atom. The predicted octanol–water partition coefficient (Wildman–Crippen LogP) is 4.02. The molecule has 0 atom stereocenters. The van der Waals surface area contributed by atoms with E-state index in [0.29, 0.717) is 5.41 Å². The molecule has 0 N–H and O–H groups in total. The largest absolute Gasteiger partial charge is 0.103 e. The third kappa shape index (κ3) is 7.74. The molecule has 0 aliphatic rings. The van der Waals surface area contributed by atoms with Gasteiger partial charge in [0.05, 0.1) is 0 Å². The lowest BCUT2D eigenvalue weighted by molar-refractivity contribution is 0.357. The maximum atomic E-state index is 3.69. The van der Waals surface area contributed by atoms with Gasteiger partial charge >= 0.3 is 0 Å². The molecule has 0 heteroatoms. The van der Waals surface area contributed by atoms with Gasteiger partial charge in [0, 0.05) is 0 Å². The summed E-state index contributed by atoms with van der Waals surface area (Å²) in [4.78, 5) is 0. The Labute approximate surface area is 66.3 Å². The first-order valence-electron chi connectivity index (χ1n) is 4.23. The van der Waals surface area contributed by atoms with E-state index < -0.39 is 0 Å².